The molecule has 5 aliphatic rings. The second-order valence-electron chi connectivity index (χ2n) is 38.7. The predicted octanol–water partition coefficient (Wildman–Crippen LogP) is 16.8. The molecule has 0 spiro atoms. The first-order valence-corrected chi connectivity index (χ1v) is 48.9. The number of nitrogens with zero attached hydrogens (tertiary/aromatic N) is 18. The summed E-state index contributed by atoms with van der Waals surface area (Å²) >= 11 is 0. The third-order valence-corrected chi connectivity index (χ3v) is 27.3. The molecule has 0 aliphatic carbocycles. The van der Waals surface area contributed by atoms with Crippen molar-refractivity contribution in [3.63, 3.8) is 0 Å². The number of nitrogens with two attached hydrogens (primary N) is 1. The number of alkyl halides is 4. The van der Waals surface area contributed by atoms with Crippen molar-refractivity contribution in [1.82, 2.24) is 98.0 Å². The molecule has 4 aromatic carbocycles. The molecule has 0 radical (unpaired) electrons. The highest BCUT2D eigenvalue weighted by Gasteiger charge is 2.37. The van der Waals surface area contributed by atoms with E-state index in [1.54, 1.807) is 134 Å². The highest BCUT2D eigenvalue weighted by atomic mass is 19.2. The number of pyridine rings is 6. The van der Waals surface area contributed by atoms with Gasteiger partial charge in [-0.15, -0.1) is 0 Å². The number of hydrogen-bond donors (Lipinski definition) is 5. The van der Waals surface area contributed by atoms with E-state index in [-0.39, 0.29) is 54.6 Å². The number of benzene rings is 4. The molecule has 5 saturated heterocycles. The van der Waals surface area contributed by atoms with E-state index in [1.807, 2.05) is 163 Å². The lowest BCUT2D eigenvalue weighted by molar-refractivity contribution is 0.0493. The fraction of sp³-hybridized carbons (Fsp3) is 0.336. The number of carbonyl (C=O) groups excluding carboxylic acids is 7. The Hall–Kier alpha value is -15.5. The third-order valence-electron chi connectivity index (χ3n) is 27.3. The average molecular weight is 1970 g/mol. The molecule has 0 atom stereocenters. The molecular weight excluding hydrogens is 1850 g/mol. The molecule has 16 aromatic rings. The first-order valence-electron chi connectivity index (χ1n) is 48.9. The van der Waals surface area contributed by atoms with Gasteiger partial charge >= 0.3 is 0 Å². The minimum Gasteiger partial charge on any atom is -0.394 e. The first-order chi connectivity index (χ1) is 69.7. The number of amides is 7. The fourth-order valence-corrected chi connectivity index (χ4v) is 18.3. The van der Waals surface area contributed by atoms with E-state index in [0.717, 1.165) is 109 Å². The number of aromatic nitrogens is 13. The van der Waals surface area contributed by atoms with Crippen molar-refractivity contribution in [2.75, 3.05) is 91.8 Å². The number of nitrogens with one attached hydrogen (secondary N) is 2. The van der Waals surface area contributed by atoms with Gasteiger partial charge in [0, 0.05) is 220 Å². The number of piperidine rings is 5. The Kier molecular flexibility index (Phi) is 30.5. The lowest BCUT2D eigenvalue weighted by Crippen LogP contribution is -2.43. The summed E-state index contributed by atoms with van der Waals surface area (Å²) in [6.07, 6.45) is 27.4. The van der Waals surface area contributed by atoms with E-state index in [2.05, 4.69) is 81.9 Å². The summed E-state index contributed by atoms with van der Waals surface area (Å²) in [7, 11) is 0. The van der Waals surface area contributed by atoms with E-state index in [4.69, 9.17) is 20.5 Å². The van der Waals surface area contributed by atoms with Gasteiger partial charge in [-0.1, -0.05) is 35.0 Å². The van der Waals surface area contributed by atoms with Crippen LogP contribution in [0, 0.1) is 20.8 Å². The first kappa shape index (κ1) is 101. The zero-order chi connectivity index (χ0) is 102. The summed E-state index contributed by atoms with van der Waals surface area (Å²) < 4.78 is 70.8. The third kappa shape index (κ3) is 23.9. The van der Waals surface area contributed by atoms with Crippen molar-refractivity contribution in [2.24, 2.45) is 5.73 Å². The van der Waals surface area contributed by atoms with Crippen molar-refractivity contribution in [3.05, 3.63) is 294 Å². The molecule has 5 fully saturated rings. The van der Waals surface area contributed by atoms with Gasteiger partial charge in [-0.25, -0.2) is 42.5 Å². The van der Waals surface area contributed by atoms with Crippen LogP contribution in [-0.2, 0) is 0 Å². The monoisotopic (exact) mass is 1970 g/mol. The fourth-order valence-electron chi connectivity index (χ4n) is 18.3. The highest BCUT2D eigenvalue weighted by molar-refractivity contribution is 6.02. The largest absolute Gasteiger partial charge is 0.394 e. The summed E-state index contributed by atoms with van der Waals surface area (Å²) in [4.78, 5) is 128. The number of aliphatic hydroxyl groups excluding tert-OH is 2. The summed E-state index contributed by atoms with van der Waals surface area (Å²) in [5.41, 5.74) is 15.8. The Morgan fingerprint density at radius 3 is 1.03 bits per heavy atom. The molecule has 5 aliphatic heterocycles. The van der Waals surface area contributed by atoms with Crippen LogP contribution in [0.4, 0.5) is 17.6 Å². The van der Waals surface area contributed by atoms with Crippen molar-refractivity contribution in [1.29, 1.82) is 0 Å². The number of likely N-dealkylation sites (tertiary alicyclic amines) is 5. The van der Waals surface area contributed by atoms with Crippen LogP contribution in [0.15, 0.2) is 243 Å². The summed E-state index contributed by atoms with van der Waals surface area (Å²) in [6.45, 7) is 17.4. The molecule has 17 heterocycles. The number of fused-ring (bicyclic) bond motifs is 5. The Bertz CT molecular complexity index is 7360. The van der Waals surface area contributed by atoms with Crippen LogP contribution in [0.1, 0.15) is 188 Å². The van der Waals surface area contributed by atoms with Gasteiger partial charge in [0.05, 0.1) is 59.0 Å². The SMILES string of the molecule is CC1(F)CCN(C(=O)c2cnc3c(ccn3-c3ccc(C(=O)NC(CO)CO)cc3)c2)CC1.CC1(F)CCN(C(=O)c2cnc3c(ccn3-c3ccc(C(=O)NCCN)cc3)c2)CC1.Cc1ccc(-n2ccc3cc(C(=O)N4CCC(C)(F)CC4)cnc32)cc1.Cc1cncc(-n2ccc3cc(C(=O)N4CCC(C)(F)CC4)cnc32)c1.Cc1nc(-c2cccc(-n3ccc4cc(C(=O)N5CCCCC5)cnc43)c2)no1. The van der Waals surface area contributed by atoms with Gasteiger partial charge in [0.15, 0.2) is 0 Å². The molecule has 0 bridgehead atoms. The van der Waals surface area contributed by atoms with Gasteiger partial charge < -0.3 is 73.9 Å². The van der Waals surface area contributed by atoms with Gasteiger partial charge in [0.2, 0.25) is 11.7 Å². The van der Waals surface area contributed by atoms with Gasteiger partial charge in [-0.2, -0.15) is 4.98 Å². The smallest absolute Gasteiger partial charge is 0.255 e. The number of rotatable bonds is 18. The Labute approximate surface area is 835 Å². The maximum Gasteiger partial charge on any atom is 0.255 e. The van der Waals surface area contributed by atoms with Crippen LogP contribution in [-0.4, -0.2) is 259 Å². The molecule has 0 unspecified atom stereocenters. The van der Waals surface area contributed by atoms with Crippen LogP contribution < -0.4 is 16.4 Å². The van der Waals surface area contributed by atoms with Crippen molar-refractivity contribution < 1.29 is 65.9 Å². The lowest BCUT2D eigenvalue weighted by atomic mass is 9.95. The van der Waals surface area contributed by atoms with E-state index in [1.165, 1.54) is 18.2 Å². The maximum atomic E-state index is 14.0. The minimum absolute atomic E-state index is 0.0707. The number of aryl methyl sites for hydroxylation is 3. The summed E-state index contributed by atoms with van der Waals surface area (Å²) in [6, 6.07) is 50.4. The Morgan fingerprint density at radius 2 is 0.703 bits per heavy atom. The van der Waals surface area contributed by atoms with E-state index in [0.29, 0.717) is 179 Å². The normalized spacial score (nSPS) is 15.9. The topological polar surface area (TPSA) is 367 Å². The average Bonchev–Trinajstić information content (AvgIpc) is 1.67. The molecule has 31 nitrogen and oxygen atoms in total. The zero-order valence-electron chi connectivity index (χ0n) is 82.1. The van der Waals surface area contributed by atoms with E-state index < -0.39 is 28.7 Å². The summed E-state index contributed by atoms with van der Waals surface area (Å²) in [5, 5.41) is 31.9. The van der Waals surface area contributed by atoms with Crippen LogP contribution in [0.5, 0.6) is 0 Å². The zero-order valence-corrected chi connectivity index (χ0v) is 82.1. The van der Waals surface area contributed by atoms with E-state index in [9.17, 15) is 51.1 Å². The molecule has 145 heavy (non-hydrogen) atoms. The van der Waals surface area contributed by atoms with Crippen LogP contribution in [0.2, 0.25) is 0 Å². The molecular formula is C110H117F4N21O10. The van der Waals surface area contributed by atoms with Gasteiger partial charge in [0.25, 0.3) is 41.4 Å². The molecule has 21 rings (SSSR count). The number of aliphatic hydroxyl groups is 2. The van der Waals surface area contributed by atoms with Crippen molar-refractivity contribution >= 4 is 96.5 Å². The summed E-state index contributed by atoms with van der Waals surface area (Å²) in [5.74, 6) is 0.185. The second kappa shape index (κ2) is 43.8. The molecule has 7 amide bonds. The Morgan fingerprint density at radius 1 is 0.372 bits per heavy atom. The van der Waals surface area contributed by atoms with Crippen molar-refractivity contribution in [2.45, 2.75) is 148 Å². The van der Waals surface area contributed by atoms with Gasteiger partial charge in [-0.3, -0.25) is 43.1 Å². The van der Waals surface area contributed by atoms with Gasteiger partial charge in [0.1, 0.15) is 50.9 Å². The number of hydrogen-bond acceptors (Lipinski definition) is 19. The highest BCUT2D eigenvalue weighted by Crippen LogP contribution is 2.35. The molecule has 750 valence electrons. The number of carbonyl (C=O) groups is 7. The second-order valence-corrected chi connectivity index (χ2v) is 38.7. The molecule has 35 heteroatoms. The Balaban J connectivity index is 0.000000124. The predicted molar refractivity (Wildman–Crippen MR) is 546 cm³/mol. The molecule has 0 saturated carbocycles. The maximum absolute atomic E-state index is 14.0. The standard InChI is InChI=1S/C24H27FN4O4.C23H26FN5O2.C22H21N5O2.C21H22FN3O.C20H21FN4O/c1-24(25)7-10-28(11-8-24)23(33)18-12-17-6-9-29(21(17)26-13-18)20-4-2-16(3-5-20)22(32)27-19(14-30)15-31;1-23(24)7-12-28(13-8-23)22(31)18-14-17-6-11-29(20(17)27-15-18)19-4-2-16(3-5-19)21(30)26-10-9-25;1-15-24-20(25-29-15)16-6-5-7-19(13-16)27-11-8-17-12-18(14-23-21(17)27)22(28)26-9-3-2-4-10-26;1-15-3-5-18(6-4-15)25-10-7-16-13-17(14-23-19(16)25)20(26)24-11-8-21(2,22)9-12-24;1-14-9-17(13-22-11-14)25-6-3-15-10-16(12-23-18(15)25)19(26)24-7-4-20(2,21)5-8-24/h2-6,9,12-13,19,30-31H,7-8,10-11,14-15H2,1H3,(H,27,32);2-6,11,14-15H,7-10,12-13,25H2,1H3,(H,26,30);5-8,11-14H,2-4,9-10H2,1H3;3-7,10,13-14H,8-9,11-12H2,1-2H3;3,6,9-13H,4-5,7-8H2,1-2H3. The molecule has 12 aromatic heterocycles. The minimum atomic E-state index is -1.22. The van der Waals surface area contributed by atoms with Crippen LogP contribution in [0.3, 0.4) is 0 Å². The lowest BCUT2D eigenvalue weighted by Gasteiger charge is -2.34. The number of halogens is 4. The van der Waals surface area contributed by atoms with Gasteiger partial charge in [-0.05, 0) is 257 Å². The quantitative estimate of drug-likeness (QED) is 0.0498. The molecule has 6 N–H and O–H groups in total. The van der Waals surface area contributed by atoms with Crippen LogP contribution in [0.25, 0.3) is 95.0 Å². The van der Waals surface area contributed by atoms with E-state index >= 15 is 0 Å². The van der Waals surface area contributed by atoms with Crippen LogP contribution >= 0.6 is 0 Å². The van der Waals surface area contributed by atoms with Crippen molar-refractivity contribution in [3.8, 4) is 39.8 Å².